The van der Waals surface area contributed by atoms with Crippen LogP contribution in [-0.4, -0.2) is 4.98 Å². The van der Waals surface area contributed by atoms with Gasteiger partial charge in [0, 0.05) is 22.2 Å². The normalized spacial score (nSPS) is 11.4. The van der Waals surface area contributed by atoms with Crippen molar-refractivity contribution in [2.24, 2.45) is 0 Å². The van der Waals surface area contributed by atoms with E-state index < -0.39 is 0 Å². The first kappa shape index (κ1) is 14.4. The smallest absolute Gasteiger partial charge is 0.0790 e. The summed E-state index contributed by atoms with van der Waals surface area (Å²) in [4.78, 5) is 4.38. The lowest BCUT2D eigenvalue weighted by atomic mass is 10.1. The van der Waals surface area contributed by atoms with E-state index in [1.54, 1.807) is 6.20 Å². The molecular formula is C17H10Cl3N. The van der Waals surface area contributed by atoms with Crippen molar-refractivity contribution >= 4 is 57.9 Å². The van der Waals surface area contributed by atoms with Gasteiger partial charge in [0.25, 0.3) is 0 Å². The first-order valence-electron chi connectivity index (χ1n) is 6.31. The maximum absolute atomic E-state index is 6.29. The van der Waals surface area contributed by atoms with Gasteiger partial charge in [-0.25, -0.2) is 0 Å². The van der Waals surface area contributed by atoms with Crippen LogP contribution in [0.1, 0.15) is 11.1 Å². The molecule has 0 aliphatic carbocycles. The predicted molar refractivity (Wildman–Crippen MR) is 92.1 cm³/mol. The fraction of sp³-hybridized carbons (Fsp3) is 0. The van der Waals surface area contributed by atoms with E-state index in [4.69, 9.17) is 34.8 Å². The van der Waals surface area contributed by atoms with Gasteiger partial charge in [-0.1, -0.05) is 71.2 Å². The van der Waals surface area contributed by atoms with Crippen LogP contribution >= 0.6 is 34.8 Å². The van der Waals surface area contributed by atoms with Crippen LogP contribution in [0.15, 0.2) is 48.7 Å². The summed E-state index contributed by atoms with van der Waals surface area (Å²) in [5, 5.41) is 2.89. The third-order valence-corrected chi connectivity index (χ3v) is 4.02. The van der Waals surface area contributed by atoms with Crippen molar-refractivity contribution in [2.45, 2.75) is 0 Å². The number of benzene rings is 2. The summed E-state index contributed by atoms with van der Waals surface area (Å²) < 4.78 is 0. The summed E-state index contributed by atoms with van der Waals surface area (Å²) in [6.07, 6.45) is 5.47. The molecule has 2 aromatic carbocycles. The molecule has 0 bridgehead atoms. The molecule has 0 aliphatic rings. The van der Waals surface area contributed by atoms with Gasteiger partial charge >= 0.3 is 0 Å². The highest BCUT2D eigenvalue weighted by Crippen LogP contribution is 2.28. The van der Waals surface area contributed by atoms with Crippen LogP contribution in [0.5, 0.6) is 0 Å². The number of rotatable bonds is 2. The molecule has 0 amide bonds. The standard InChI is InChI=1S/C17H10Cl3N/c18-13-9-12-6-8-16(20)14(17(12)21-10-13)7-5-11-3-1-2-4-15(11)19/h1-10H. The first-order chi connectivity index (χ1) is 10.1. The van der Waals surface area contributed by atoms with Crippen LogP contribution in [0.25, 0.3) is 23.1 Å². The Morgan fingerprint density at radius 3 is 2.48 bits per heavy atom. The Morgan fingerprint density at radius 1 is 0.857 bits per heavy atom. The number of fused-ring (bicyclic) bond motifs is 1. The van der Waals surface area contributed by atoms with Crippen LogP contribution in [0.4, 0.5) is 0 Å². The van der Waals surface area contributed by atoms with Crippen molar-refractivity contribution in [3.63, 3.8) is 0 Å². The summed E-state index contributed by atoms with van der Waals surface area (Å²) in [6.45, 7) is 0. The predicted octanol–water partition coefficient (Wildman–Crippen LogP) is 6.37. The molecule has 4 heteroatoms. The summed E-state index contributed by atoms with van der Waals surface area (Å²) in [5.41, 5.74) is 2.60. The van der Waals surface area contributed by atoms with Gasteiger partial charge < -0.3 is 0 Å². The molecule has 1 aromatic heterocycles. The molecule has 0 fully saturated rings. The largest absolute Gasteiger partial charge is 0.254 e. The molecule has 1 nitrogen and oxygen atoms in total. The lowest BCUT2D eigenvalue weighted by Crippen LogP contribution is -1.85. The molecule has 0 saturated heterocycles. The lowest BCUT2D eigenvalue weighted by Gasteiger charge is -2.05. The van der Waals surface area contributed by atoms with Crippen LogP contribution in [0.2, 0.25) is 15.1 Å². The maximum atomic E-state index is 6.29. The van der Waals surface area contributed by atoms with Gasteiger partial charge in [0.1, 0.15) is 0 Å². The minimum atomic E-state index is 0.603. The van der Waals surface area contributed by atoms with Crippen molar-refractivity contribution in [1.82, 2.24) is 4.98 Å². The molecule has 0 radical (unpaired) electrons. The van der Waals surface area contributed by atoms with E-state index in [-0.39, 0.29) is 0 Å². The van der Waals surface area contributed by atoms with E-state index in [2.05, 4.69) is 4.98 Å². The molecule has 1 heterocycles. The van der Waals surface area contributed by atoms with E-state index in [1.807, 2.05) is 54.6 Å². The number of hydrogen-bond acceptors (Lipinski definition) is 1. The zero-order valence-corrected chi connectivity index (χ0v) is 13.1. The average molecular weight is 335 g/mol. The molecule has 0 spiro atoms. The van der Waals surface area contributed by atoms with Crippen LogP contribution in [-0.2, 0) is 0 Å². The Labute approximate surface area is 137 Å². The fourth-order valence-electron chi connectivity index (χ4n) is 2.11. The molecule has 21 heavy (non-hydrogen) atoms. The van der Waals surface area contributed by atoms with E-state index >= 15 is 0 Å². The summed E-state index contributed by atoms with van der Waals surface area (Å²) >= 11 is 18.4. The number of aromatic nitrogens is 1. The summed E-state index contributed by atoms with van der Waals surface area (Å²) in [6, 6.07) is 13.2. The van der Waals surface area contributed by atoms with E-state index in [0.717, 1.165) is 22.0 Å². The van der Waals surface area contributed by atoms with Crippen molar-refractivity contribution in [1.29, 1.82) is 0 Å². The van der Waals surface area contributed by atoms with Crippen molar-refractivity contribution in [3.8, 4) is 0 Å². The van der Waals surface area contributed by atoms with Gasteiger partial charge in [-0.2, -0.15) is 0 Å². The monoisotopic (exact) mass is 333 g/mol. The van der Waals surface area contributed by atoms with Gasteiger partial charge in [-0.3, -0.25) is 4.98 Å². The SMILES string of the molecule is Clc1cnc2c(C=Cc3ccccc3Cl)c(Cl)ccc2c1. The molecule has 0 saturated carbocycles. The van der Waals surface area contributed by atoms with E-state index in [1.165, 1.54) is 0 Å². The maximum Gasteiger partial charge on any atom is 0.0790 e. The number of pyridine rings is 1. The molecular weight excluding hydrogens is 325 g/mol. The van der Waals surface area contributed by atoms with Crippen molar-refractivity contribution in [3.05, 3.63) is 74.9 Å². The van der Waals surface area contributed by atoms with Crippen LogP contribution in [0, 0.1) is 0 Å². The van der Waals surface area contributed by atoms with Gasteiger partial charge in [-0.15, -0.1) is 0 Å². The van der Waals surface area contributed by atoms with Crippen LogP contribution in [0.3, 0.4) is 0 Å². The molecule has 0 unspecified atom stereocenters. The average Bonchev–Trinajstić information content (AvgIpc) is 2.48. The minimum Gasteiger partial charge on any atom is -0.254 e. The first-order valence-corrected chi connectivity index (χ1v) is 7.45. The van der Waals surface area contributed by atoms with Crippen molar-refractivity contribution < 1.29 is 0 Å². The molecule has 0 N–H and O–H groups in total. The summed E-state index contributed by atoms with van der Waals surface area (Å²) in [7, 11) is 0. The van der Waals surface area contributed by atoms with E-state index in [9.17, 15) is 0 Å². The Bertz CT molecular complexity index is 841. The third-order valence-electron chi connectivity index (χ3n) is 3.14. The number of halogens is 3. The highest BCUT2D eigenvalue weighted by Gasteiger charge is 2.06. The van der Waals surface area contributed by atoms with Gasteiger partial charge in [0.2, 0.25) is 0 Å². The highest BCUT2D eigenvalue weighted by atomic mass is 35.5. The molecule has 0 aliphatic heterocycles. The zero-order chi connectivity index (χ0) is 14.8. The lowest BCUT2D eigenvalue weighted by molar-refractivity contribution is 1.40. The van der Waals surface area contributed by atoms with Gasteiger partial charge in [0.15, 0.2) is 0 Å². The Morgan fingerprint density at radius 2 is 1.67 bits per heavy atom. The molecule has 3 aromatic rings. The second-order valence-corrected chi connectivity index (χ2v) is 5.79. The van der Waals surface area contributed by atoms with Gasteiger partial charge in [0.05, 0.1) is 15.6 Å². The van der Waals surface area contributed by atoms with Crippen molar-refractivity contribution in [2.75, 3.05) is 0 Å². The minimum absolute atomic E-state index is 0.603. The van der Waals surface area contributed by atoms with E-state index in [0.29, 0.717) is 15.1 Å². The quantitative estimate of drug-likeness (QED) is 0.496. The third kappa shape index (κ3) is 3.06. The fourth-order valence-corrected chi connectivity index (χ4v) is 2.70. The molecule has 3 rings (SSSR count). The van der Waals surface area contributed by atoms with Crippen LogP contribution < -0.4 is 0 Å². The molecule has 104 valence electrons. The Hall–Kier alpha value is -1.54. The highest BCUT2D eigenvalue weighted by molar-refractivity contribution is 6.34. The second kappa shape index (κ2) is 6.07. The number of hydrogen-bond donors (Lipinski definition) is 0. The molecule has 0 atom stereocenters. The van der Waals surface area contributed by atoms with Gasteiger partial charge in [-0.05, 0) is 23.8 Å². The second-order valence-electron chi connectivity index (χ2n) is 4.54. The Balaban J connectivity index is 2.12. The zero-order valence-electron chi connectivity index (χ0n) is 10.9. The number of nitrogens with zero attached hydrogens (tertiary/aromatic N) is 1. The Kier molecular flexibility index (Phi) is 4.16. The summed E-state index contributed by atoms with van der Waals surface area (Å²) in [5.74, 6) is 0. The topological polar surface area (TPSA) is 12.9 Å².